The summed E-state index contributed by atoms with van der Waals surface area (Å²) in [6.07, 6.45) is 2.32. The van der Waals surface area contributed by atoms with Crippen molar-refractivity contribution in [2.45, 2.75) is 19.8 Å². The van der Waals surface area contributed by atoms with Gasteiger partial charge in [-0.3, -0.25) is 0 Å². The van der Waals surface area contributed by atoms with E-state index in [2.05, 4.69) is 18.3 Å². The summed E-state index contributed by atoms with van der Waals surface area (Å²) in [7, 11) is 0. The van der Waals surface area contributed by atoms with E-state index in [-0.39, 0.29) is 0 Å². The molecule has 0 saturated carbocycles. The minimum Gasteiger partial charge on any atom is -0.385 e. The summed E-state index contributed by atoms with van der Waals surface area (Å²) in [6, 6.07) is 5.97. The van der Waals surface area contributed by atoms with Crippen LogP contribution in [-0.4, -0.2) is 19.8 Å². The highest BCUT2D eigenvalue weighted by molar-refractivity contribution is 6.30. The Morgan fingerprint density at radius 3 is 2.88 bits per heavy atom. The zero-order chi connectivity index (χ0) is 11.4. The van der Waals surface area contributed by atoms with E-state index in [1.807, 2.05) is 12.1 Å². The van der Waals surface area contributed by atoms with Gasteiger partial charge < -0.3 is 10.1 Å². The van der Waals surface area contributed by atoms with Gasteiger partial charge in [-0.25, -0.2) is 0 Å². The molecule has 2 rings (SSSR count). The van der Waals surface area contributed by atoms with Crippen molar-refractivity contribution in [1.29, 1.82) is 0 Å². The molecule has 0 atom stereocenters. The number of anilines is 1. The molecule has 16 heavy (non-hydrogen) atoms. The number of ether oxygens (including phenoxy) is 1. The Labute approximate surface area is 102 Å². The molecular formula is C13H18ClNO. The van der Waals surface area contributed by atoms with Crippen molar-refractivity contribution in [3.63, 3.8) is 0 Å². The Morgan fingerprint density at radius 1 is 1.38 bits per heavy atom. The zero-order valence-corrected chi connectivity index (χ0v) is 10.4. The molecule has 0 aromatic heterocycles. The first-order valence-corrected chi connectivity index (χ1v) is 6.21. The van der Waals surface area contributed by atoms with Crippen LogP contribution in [0.2, 0.25) is 5.02 Å². The minimum atomic E-state index is 0.729. The minimum absolute atomic E-state index is 0.729. The molecule has 0 amide bonds. The molecule has 1 saturated heterocycles. The van der Waals surface area contributed by atoms with Crippen LogP contribution < -0.4 is 5.32 Å². The molecule has 0 bridgehead atoms. The molecule has 1 fully saturated rings. The molecule has 1 aromatic carbocycles. The monoisotopic (exact) mass is 239 g/mol. The Morgan fingerprint density at radius 2 is 2.12 bits per heavy atom. The zero-order valence-electron chi connectivity index (χ0n) is 9.63. The summed E-state index contributed by atoms with van der Waals surface area (Å²) in [6.45, 7) is 4.93. The second kappa shape index (κ2) is 5.55. The molecule has 1 heterocycles. The van der Waals surface area contributed by atoms with Gasteiger partial charge in [0.2, 0.25) is 0 Å². The molecule has 1 aliphatic rings. The van der Waals surface area contributed by atoms with Crippen LogP contribution in [0.3, 0.4) is 0 Å². The molecule has 0 unspecified atom stereocenters. The molecule has 1 aromatic rings. The SMILES string of the molecule is Cc1ccc(Cl)cc1NCC1CCOCC1. The molecule has 1 N–H and O–H groups in total. The lowest BCUT2D eigenvalue weighted by Crippen LogP contribution is -2.22. The molecule has 88 valence electrons. The standard InChI is InChI=1S/C13H18ClNO/c1-10-2-3-12(14)8-13(10)15-9-11-4-6-16-7-5-11/h2-3,8,11,15H,4-7,9H2,1H3. The largest absolute Gasteiger partial charge is 0.385 e. The fraction of sp³-hybridized carbons (Fsp3) is 0.538. The maximum Gasteiger partial charge on any atom is 0.0469 e. The Bertz CT molecular complexity index is 348. The number of hydrogen-bond donors (Lipinski definition) is 1. The van der Waals surface area contributed by atoms with Crippen LogP contribution in [0.15, 0.2) is 18.2 Å². The molecule has 1 aliphatic heterocycles. The van der Waals surface area contributed by atoms with Gasteiger partial charge in [-0.05, 0) is 43.4 Å². The fourth-order valence-electron chi connectivity index (χ4n) is 1.99. The average Bonchev–Trinajstić information content (AvgIpc) is 2.32. The number of nitrogens with one attached hydrogen (secondary N) is 1. The van der Waals surface area contributed by atoms with E-state index in [1.54, 1.807) is 0 Å². The average molecular weight is 240 g/mol. The Balaban J connectivity index is 1.90. The smallest absolute Gasteiger partial charge is 0.0469 e. The molecular weight excluding hydrogens is 222 g/mol. The van der Waals surface area contributed by atoms with Crippen molar-refractivity contribution < 1.29 is 4.74 Å². The van der Waals surface area contributed by atoms with Crippen molar-refractivity contribution in [2.75, 3.05) is 25.1 Å². The third kappa shape index (κ3) is 3.13. The second-order valence-electron chi connectivity index (χ2n) is 4.40. The van der Waals surface area contributed by atoms with E-state index in [0.29, 0.717) is 0 Å². The summed E-state index contributed by atoms with van der Waals surface area (Å²) in [5, 5.41) is 4.28. The van der Waals surface area contributed by atoms with Crippen LogP contribution >= 0.6 is 11.6 Å². The van der Waals surface area contributed by atoms with Crippen LogP contribution in [0.1, 0.15) is 18.4 Å². The lowest BCUT2D eigenvalue weighted by molar-refractivity contribution is 0.0699. The number of aryl methyl sites for hydroxylation is 1. The lowest BCUT2D eigenvalue weighted by atomic mass is 10.0. The number of hydrogen-bond acceptors (Lipinski definition) is 2. The fourth-order valence-corrected chi connectivity index (χ4v) is 2.16. The highest BCUT2D eigenvalue weighted by Gasteiger charge is 2.13. The van der Waals surface area contributed by atoms with E-state index in [1.165, 1.54) is 5.56 Å². The predicted molar refractivity (Wildman–Crippen MR) is 68.2 cm³/mol. The van der Waals surface area contributed by atoms with Crippen molar-refractivity contribution in [2.24, 2.45) is 5.92 Å². The lowest BCUT2D eigenvalue weighted by Gasteiger charge is -2.23. The number of halogens is 1. The topological polar surface area (TPSA) is 21.3 Å². The normalized spacial score (nSPS) is 17.4. The van der Waals surface area contributed by atoms with E-state index in [4.69, 9.17) is 16.3 Å². The van der Waals surface area contributed by atoms with Crippen molar-refractivity contribution >= 4 is 17.3 Å². The molecule has 3 heteroatoms. The Kier molecular flexibility index (Phi) is 4.08. The van der Waals surface area contributed by atoms with Crippen LogP contribution in [0.4, 0.5) is 5.69 Å². The van der Waals surface area contributed by atoms with Crippen LogP contribution in [0.25, 0.3) is 0 Å². The van der Waals surface area contributed by atoms with Gasteiger partial charge in [0.1, 0.15) is 0 Å². The van der Waals surface area contributed by atoms with Gasteiger partial charge in [0.15, 0.2) is 0 Å². The van der Waals surface area contributed by atoms with Gasteiger partial charge in [-0.1, -0.05) is 17.7 Å². The van der Waals surface area contributed by atoms with Gasteiger partial charge in [-0.2, -0.15) is 0 Å². The maximum absolute atomic E-state index is 5.98. The Hall–Kier alpha value is -0.730. The molecule has 2 nitrogen and oxygen atoms in total. The van der Waals surface area contributed by atoms with Gasteiger partial charge >= 0.3 is 0 Å². The van der Waals surface area contributed by atoms with E-state index in [0.717, 1.165) is 49.2 Å². The van der Waals surface area contributed by atoms with Gasteiger partial charge in [0.25, 0.3) is 0 Å². The molecule has 0 aliphatic carbocycles. The van der Waals surface area contributed by atoms with Gasteiger partial charge in [0, 0.05) is 30.5 Å². The van der Waals surface area contributed by atoms with Crippen molar-refractivity contribution in [1.82, 2.24) is 0 Å². The third-order valence-electron chi connectivity index (χ3n) is 3.12. The molecule has 0 spiro atoms. The summed E-state index contributed by atoms with van der Waals surface area (Å²) >= 11 is 5.98. The summed E-state index contributed by atoms with van der Waals surface area (Å²) in [4.78, 5) is 0. The highest BCUT2D eigenvalue weighted by atomic mass is 35.5. The third-order valence-corrected chi connectivity index (χ3v) is 3.36. The van der Waals surface area contributed by atoms with Gasteiger partial charge in [0.05, 0.1) is 0 Å². The van der Waals surface area contributed by atoms with Crippen LogP contribution in [-0.2, 0) is 4.74 Å². The van der Waals surface area contributed by atoms with Gasteiger partial charge in [-0.15, -0.1) is 0 Å². The van der Waals surface area contributed by atoms with Crippen molar-refractivity contribution in [3.8, 4) is 0 Å². The van der Waals surface area contributed by atoms with Crippen LogP contribution in [0.5, 0.6) is 0 Å². The van der Waals surface area contributed by atoms with Crippen LogP contribution in [0, 0.1) is 12.8 Å². The first kappa shape index (κ1) is 11.7. The number of rotatable bonds is 3. The predicted octanol–water partition coefficient (Wildman–Crippen LogP) is 3.49. The van der Waals surface area contributed by atoms with E-state index in [9.17, 15) is 0 Å². The van der Waals surface area contributed by atoms with E-state index >= 15 is 0 Å². The number of benzene rings is 1. The first-order valence-electron chi connectivity index (χ1n) is 5.83. The quantitative estimate of drug-likeness (QED) is 0.872. The first-order chi connectivity index (χ1) is 7.75. The second-order valence-corrected chi connectivity index (χ2v) is 4.83. The summed E-state index contributed by atoms with van der Waals surface area (Å²) in [5.41, 5.74) is 2.40. The highest BCUT2D eigenvalue weighted by Crippen LogP contribution is 2.22. The van der Waals surface area contributed by atoms with E-state index < -0.39 is 0 Å². The summed E-state index contributed by atoms with van der Waals surface area (Å²) < 4.78 is 5.35. The summed E-state index contributed by atoms with van der Waals surface area (Å²) in [5.74, 6) is 0.729. The van der Waals surface area contributed by atoms with Crippen molar-refractivity contribution in [3.05, 3.63) is 28.8 Å². The molecule has 0 radical (unpaired) electrons. The maximum atomic E-state index is 5.98.